The first kappa shape index (κ1) is 18.3. The van der Waals surface area contributed by atoms with Crippen LogP contribution in [0.2, 0.25) is 0 Å². The van der Waals surface area contributed by atoms with Gasteiger partial charge in [-0.2, -0.15) is 4.98 Å². The summed E-state index contributed by atoms with van der Waals surface area (Å²) in [5, 5.41) is 6.59. The second-order valence-corrected chi connectivity index (χ2v) is 6.22. The Morgan fingerprint density at radius 3 is 2.48 bits per heavy atom. The van der Waals surface area contributed by atoms with Gasteiger partial charge in [-0.15, -0.1) is 0 Å². The van der Waals surface area contributed by atoms with Gasteiger partial charge < -0.3 is 14.7 Å². The van der Waals surface area contributed by atoms with Gasteiger partial charge in [-0.25, -0.2) is 0 Å². The summed E-state index contributed by atoms with van der Waals surface area (Å²) in [5.74, 6) is 0.169. The van der Waals surface area contributed by atoms with E-state index in [4.69, 9.17) is 4.52 Å². The molecule has 1 N–H and O–H groups in total. The van der Waals surface area contributed by atoms with Gasteiger partial charge in [-0.1, -0.05) is 41.1 Å². The summed E-state index contributed by atoms with van der Waals surface area (Å²) in [5.41, 5.74) is 2.41. The highest BCUT2D eigenvalue weighted by atomic mass is 16.5. The van der Waals surface area contributed by atoms with E-state index in [0.717, 1.165) is 5.56 Å². The first-order chi connectivity index (χ1) is 13.0. The molecular formula is C20H20N4O3. The van der Waals surface area contributed by atoms with Crippen molar-refractivity contribution in [2.75, 3.05) is 12.4 Å². The van der Waals surface area contributed by atoms with Crippen LogP contribution in [0.25, 0.3) is 0 Å². The quantitative estimate of drug-likeness (QED) is 0.727. The van der Waals surface area contributed by atoms with Crippen LogP contribution in [0, 0.1) is 6.92 Å². The molecule has 138 valence electrons. The molecule has 0 aliphatic heterocycles. The van der Waals surface area contributed by atoms with Gasteiger partial charge in [0.25, 0.3) is 5.91 Å². The summed E-state index contributed by atoms with van der Waals surface area (Å²) < 4.78 is 5.15. The zero-order valence-corrected chi connectivity index (χ0v) is 15.2. The number of nitrogens with one attached hydrogen (secondary N) is 1. The van der Waals surface area contributed by atoms with Crippen molar-refractivity contribution in [1.82, 2.24) is 15.0 Å². The third-order valence-electron chi connectivity index (χ3n) is 3.90. The number of aryl methyl sites for hydroxylation is 1. The number of benzene rings is 2. The molecule has 0 bridgehead atoms. The van der Waals surface area contributed by atoms with Crippen molar-refractivity contribution in [3.8, 4) is 0 Å². The Morgan fingerprint density at radius 1 is 1.07 bits per heavy atom. The van der Waals surface area contributed by atoms with E-state index >= 15 is 0 Å². The average Bonchev–Trinajstić information content (AvgIpc) is 3.10. The molecule has 0 atom stereocenters. The van der Waals surface area contributed by atoms with Crippen LogP contribution in [0.15, 0.2) is 59.1 Å². The molecule has 0 aliphatic carbocycles. The highest BCUT2D eigenvalue weighted by molar-refractivity contribution is 5.94. The Labute approximate surface area is 157 Å². The van der Waals surface area contributed by atoms with Crippen LogP contribution in [0.1, 0.15) is 27.6 Å². The maximum Gasteiger partial charge on any atom is 0.254 e. The summed E-state index contributed by atoms with van der Waals surface area (Å²) in [6.07, 6.45) is -0.00623. The molecule has 1 heterocycles. The van der Waals surface area contributed by atoms with Gasteiger partial charge in [-0.3, -0.25) is 9.59 Å². The molecule has 0 saturated heterocycles. The first-order valence-corrected chi connectivity index (χ1v) is 8.50. The number of nitrogens with zero attached hydrogens (tertiary/aromatic N) is 3. The van der Waals surface area contributed by atoms with Crippen molar-refractivity contribution in [3.63, 3.8) is 0 Å². The van der Waals surface area contributed by atoms with E-state index in [9.17, 15) is 9.59 Å². The van der Waals surface area contributed by atoms with E-state index in [0.29, 0.717) is 11.3 Å². The maximum absolute atomic E-state index is 12.3. The molecule has 2 amide bonds. The molecule has 0 fully saturated rings. The summed E-state index contributed by atoms with van der Waals surface area (Å²) in [6.45, 7) is 2.15. The third-order valence-corrected chi connectivity index (χ3v) is 3.90. The van der Waals surface area contributed by atoms with E-state index in [1.54, 1.807) is 31.3 Å². The minimum Gasteiger partial charge on any atom is -0.337 e. The minimum absolute atomic E-state index is 0.00623. The minimum atomic E-state index is -0.236. The molecule has 3 aromatic rings. The normalized spacial score (nSPS) is 10.4. The molecule has 7 nitrogen and oxygen atoms in total. The molecule has 3 rings (SSSR count). The maximum atomic E-state index is 12.3. The monoisotopic (exact) mass is 364 g/mol. The van der Waals surface area contributed by atoms with E-state index in [1.165, 1.54) is 4.90 Å². The summed E-state index contributed by atoms with van der Waals surface area (Å²) in [4.78, 5) is 30.1. The molecule has 0 aliphatic rings. The van der Waals surface area contributed by atoms with Gasteiger partial charge in [0.15, 0.2) is 5.82 Å². The number of hydrogen-bond donors (Lipinski definition) is 1. The van der Waals surface area contributed by atoms with Crippen molar-refractivity contribution >= 4 is 17.5 Å². The number of hydrogen-bond acceptors (Lipinski definition) is 5. The highest BCUT2D eigenvalue weighted by Gasteiger charge is 2.16. The predicted molar refractivity (Wildman–Crippen MR) is 100 cm³/mol. The second-order valence-electron chi connectivity index (χ2n) is 6.22. The van der Waals surface area contributed by atoms with Crippen LogP contribution in [0.3, 0.4) is 0 Å². The average molecular weight is 364 g/mol. The van der Waals surface area contributed by atoms with Crippen LogP contribution in [0.5, 0.6) is 0 Å². The Hall–Kier alpha value is -3.48. The first-order valence-electron chi connectivity index (χ1n) is 8.50. The smallest absolute Gasteiger partial charge is 0.254 e. The van der Waals surface area contributed by atoms with Crippen LogP contribution in [-0.2, 0) is 17.8 Å². The highest BCUT2D eigenvalue weighted by Crippen LogP contribution is 2.10. The molecule has 0 unspecified atom stereocenters. The zero-order valence-electron chi connectivity index (χ0n) is 15.2. The van der Waals surface area contributed by atoms with Crippen molar-refractivity contribution in [1.29, 1.82) is 0 Å². The second kappa shape index (κ2) is 8.27. The SMILES string of the molecule is Cc1ccc(NC(=O)Cc2noc(CN(C)C(=O)c3ccccc3)n2)cc1. The number of carbonyl (C=O) groups is 2. The Balaban J connectivity index is 1.55. The number of amides is 2. The van der Waals surface area contributed by atoms with Crippen LogP contribution >= 0.6 is 0 Å². The Bertz CT molecular complexity index is 920. The van der Waals surface area contributed by atoms with Crippen molar-refractivity contribution in [3.05, 3.63) is 77.4 Å². The lowest BCUT2D eigenvalue weighted by Gasteiger charge is -2.14. The predicted octanol–water partition coefficient (Wildman–Crippen LogP) is 2.83. The fourth-order valence-corrected chi connectivity index (χ4v) is 2.49. The Morgan fingerprint density at radius 2 is 1.78 bits per heavy atom. The van der Waals surface area contributed by atoms with E-state index in [-0.39, 0.29) is 36.5 Å². The fraction of sp³-hybridized carbons (Fsp3) is 0.200. The number of aromatic nitrogens is 2. The molecule has 0 spiro atoms. The van der Waals surface area contributed by atoms with E-state index in [2.05, 4.69) is 15.5 Å². The van der Waals surface area contributed by atoms with Gasteiger partial charge in [0.2, 0.25) is 11.8 Å². The largest absolute Gasteiger partial charge is 0.337 e. The van der Waals surface area contributed by atoms with Gasteiger partial charge in [0.05, 0.1) is 13.0 Å². The fourth-order valence-electron chi connectivity index (χ4n) is 2.49. The van der Waals surface area contributed by atoms with Gasteiger partial charge in [0, 0.05) is 18.3 Å². The summed E-state index contributed by atoms with van der Waals surface area (Å²) in [6, 6.07) is 16.4. The van der Waals surface area contributed by atoms with Crippen LogP contribution in [-0.4, -0.2) is 33.9 Å². The number of carbonyl (C=O) groups excluding carboxylic acids is 2. The third kappa shape index (κ3) is 5.01. The van der Waals surface area contributed by atoms with Crippen molar-refractivity contribution < 1.29 is 14.1 Å². The van der Waals surface area contributed by atoms with Gasteiger partial charge in [-0.05, 0) is 31.2 Å². The lowest BCUT2D eigenvalue weighted by atomic mass is 10.2. The van der Waals surface area contributed by atoms with Gasteiger partial charge in [0.1, 0.15) is 0 Å². The lowest BCUT2D eigenvalue weighted by molar-refractivity contribution is -0.115. The molecule has 27 heavy (non-hydrogen) atoms. The van der Waals surface area contributed by atoms with Crippen LogP contribution in [0.4, 0.5) is 5.69 Å². The molecule has 7 heteroatoms. The summed E-state index contributed by atoms with van der Waals surface area (Å²) in [7, 11) is 1.66. The van der Waals surface area contributed by atoms with Crippen LogP contribution < -0.4 is 5.32 Å². The molecule has 0 saturated carbocycles. The molecule has 1 aromatic heterocycles. The molecule has 2 aromatic carbocycles. The molecule has 0 radical (unpaired) electrons. The standard InChI is InChI=1S/C20H20N4O3/c1-14-8-10-16(11-9-14)21-18(25)12-17-22-19(27-23-17)13-24(2)20(26)15-6-4-3-5-7-15/h3-11H,12-13H2,1-2H3,(H,21,25). The zero-order chi connectivity index (χ0) is 19.2. The number of rotatable bonds is 6. The van der Waals surface area contributed by atoms with Gasteiger partial charge >= 0.3 is 0 Å². The van der Waals surface area contributed by atoms with E-state index < -0.39 is 0 Å². The topological polar surface area (TPSA) is 88.3 Å². The summed E-state index contributed by atoms with van der Waals surface area (Å²) >= 11 is 0. The van der Waals surface area contributed by atoms with Crippen molar-refractivity contribution in [2.24, 2.45) is 0 Å². The molecular weight excluding hydrogens is 344 g/mol. The lowest BCUT2D eigenvalue weighted by Crippen LogP contribution is -2.26. The van der Waals surface area contributed by atoms with Crippen molar-refractivity contribution in [2.45, 2.75) is 19.9 Å². The Kier molecular flexibility index (Phi) is 5.61. The number of anilines is 1. The van der Waals surface area contributed by atoms with E-state index in [1.807, 2.05) is 37.3 Å².